The van der Waals surface area contributed by atoms with E-state index in [0.29, 0.717) is 30.5 Å². The zero-order valence-corrected chi connectivity index (χ0v) is 57.3. The average molecular weight is 1450 g/mol. The van der Waals surface area contributed by atoms with Crippen LogP contribution in [-0.4, -0.2) is 223 Å². The Balaban J connectivity index is 1.60. The third kappa shape index (κ3) is 27.4. The van der Waals surface area contributed by atoms with Crippen molar-refractivity contribution in [3.05, 3.63) is 89.5 Å². The summed E-state index contributed by atoms with van der Waals surface area (Å²) in [6, 6.07) is -2.47. The number of aliphatic carboxylic acids is 1. The van der Waals surface area contributed by atoms with Crippen LogP contribution in [-0.2, 0) is 91.1 Å². The van der Waals surface area contributed by atoms with Gasteiger partial charge in [0, 0.05) is 38.5 Å². The molecule has 0 bridgehead atoms. The van der Waals surface area contributed by atoms with Crippen molar-refractivity contribution in [2.45, 2.75) is 196 Å². The van der Waals surface area contributed by atoms with Crippen LogP contribution in [0.25, 0.3) is 0 Å². The Labute approximate surface area is 592 Å². The van der Waals surface area contributed by atoms with Gasteiger partial charge < -0.3 is 116 Å². The van der Waals surface area contributed by atoms with Crippen LogP contribution in [0.15, 0.2) is 72.8 Å². The molecule has 0 saturated carbocycles. The van der Waals surface area contributed by atoms with E-state index in [0.717, 1.165) is 13.8 Å². The van der Waals surface area contributed by atoms with Crippen molar-refractivity contribution < 1.29 is 108 Å². The van der Waals surface area contributed by atoms with E-state index >= 15 is 0 Å². The number of nitrogens with one attached hydrogen (secondary N) is 12. The topological polar surface area (TPSA) is 586 Å². The van der Waals surface area contributed by atoms with Crippen LogP contribution in [0.5, 0.6) is 17.2 Å². The number of primary amides is 1. The molecule has 2 saturated heterocycles. The lowest BCUT2D eigenvalue weighted by Gasteiger charge is -2.29. The number of cyclic esters (lactones) is 1. The van der Waals surface area contributed by atoms with Crippen LogP contribution in [0.1, 0.15) is 109 Å². The SMILES string of the molecule is CCC(C)C1NC(=O)C(Cc2ccc(O)cc2)NC(=O)C(O)NC(=O)C(CCCN)NC(=O)C(Cc2ccc(O)cc2)NC(=O)C(C(C)O)NC(=O)C(CCC(=O)O)NC(=O)C(C)NC(=O)C(NC(=O)C(Cc2ccc(O)cc2)NC(=O)C(CCC(N)=O)NC(=O)[C@@H]2CCCN2)CC(O)COC1=O. The Hall–Kier alpha value is -10.6. The van der Waals surface area contributed by atoms with Crippen LogP contribution in [0, 0.1) is 5.92 Å². The molecule has 14 unspecified atom stereocenters. The van der Waals surface area contributed by atoms with Gasteiger partial charge in [0.05, 0.1) is 18.2 Å². The molecule has 2 aliphatic rings. The maximum Gasteiger partial charge on any atom is 0.329 e. The summed E-state index contributed by atoms with van der Waals surface area (Å²) in [6.07, 6.45) is -9.71. The highest BCUT2D eigenvalue weighted by atomic mass is 16.5. The number of rotatable bonds is 24. The molecule has 12 amide bonds. The molecular formula is C67H94N14O22. The maximum atomic E-state index is 14.8. The number of phenolic OH excluding ortho intramolecular Hbond substituents is 3. The highest BCUT2D eigenvalue weighted by Crippen LogP contribution is 2.19. The van der Waals surface area contributed by atoms with Gasteiger partial charge in [0.15, 0.2) is 0 Å². The van der Waals surface area contributed by atoms with Gasteiger partial charge in [-0.05, 0) is 124 Å². The van der Waals surface area contributed by atoms with E-state index in [1.54, 1.807) is 6.92 Å². The minimum atomic E-state index is -2.49. The first kappa shape index (κ1) is 83.1. The van der Waals surface area contributed by atoms with Crippen molar-refractivity contribution in [1.29, 1.82) is 0 Å². The normalized spacial score (nSPS) is 24.5. The number of amides is 12. The quantitative estimate of drug-likeness (QED) is 0.0372. The van der Waals surface area contributed by atoms with Gasteiger partial charge in [-0.1, -0.05) is 56.7 Å². The fraction of sp³-hybridized carbons (Fsp3) is 0.522. The molecule has 564 valence electrons. The fourth-order valence-electron chi connectivity index (χ4n) is 10.8. The largest absolute Gasteiger partial charge is 0.508 e. The van der Waals surface area contributed by atoms with E-state index in [2.05, 4.69) is 63.8 Å². The van der Waals surface area contributed by atoms with Gasteiger partial charge in [-0.3, -0.25) is 62.3 Å². The number of benzene rings is 3. The van der Waals surface area contributed by atoms with Crippen LogP contribution in [0.4, 0.5) is 0 Å². The molecule has 0 spiro atoms. The van der Waals surface area contributed by atoms with Crippen LogP contribution in [0.3, 0.4) is 0 Å². The van der Waals surface area contributed by atoms with Gasteiger partial charge in [-0.15, -0.1) is 0 Å². The predicted octanol–water partition coefficient (Wildman–Crippen LogP) is -5.51. The zero-order valence-electron chi connectivity index (χ0n) is 57.3. The highest BCUT2D eigenvalue weighted by molar-refractivity contribution is 6.00. The number of carbonyl (C=O) groups excluding carboxylic acids is 13. The molecule has 2 fully saturated rings. The number of aromatic hydroxyl groups is 3. The number of aliphatic hydroxyl groups is 3. The molecule has 23 N–H and O–H groups in total. The first-order valence-corrected chi connectivity index (χ1v) is 33.6. The number of esters is 1. The summed E-state index contributed by atoms with van der Waals surface area (Å²) >= 11 is 0. The van der Waals surface area contributed by atoms with Crippen LogP contribution < -0.4 is 75.3 Å². The first-order chi connectivity index (χ1) is 48.7. The monoisotopic (exact) mass is 1450 g/mol. The Bertz CT molecular complexity index is 3450. The Morgan fingerprint density at radius 2 is 1.12 bits per heavy atom. The molecule has 15 atom stereocenters. The van der Waals surface area contributed by atoms with Crippen molar-refractivity contribution in [2.75, 3.05) is 19.7 Å². The molecule has 3 aromatic rings. The molecule has 0 aromatic heterocycles. The molecule has 3 aromatic carbocycles. The van der Waals surface area contributed by atoms with Crippen molar-refractivity contribution in [3.8, 4) is 17.2 Å². The molecular weight excluding hydrogens is 1350 g/mol. The molecule has 103 heavy (non-hydrogen) atoms. The third-order valence-electron chi connectivity index (χ3n) is 17.0. The van der Waals surface area contributed by atoms with E-state index in [1.807, 2.05) is 0 Å². The maximum absolute atomic E-state index is 14.8. The lowest BCUT2D eigenvalue weighted by atomic mass is 9.98. The van der Waals surface area contributed by atoms with E-state index in [1.165, 1.54) is 79.7 Å². The van der Waals surface area contributed by atoms with Gasteiger partial charge in [-0.2, -0.15) is 0 Å². The summed E-state index contributed by atoms with van der Waals surface area (Å²) in [4.78, 5) is 195. The van der Waals surface area contributed by atoms with Crippen molar-refractivity contribution in [3.63, 3.8) is 0 Å². The minimum Gasteiger partial charge on any atom is -0.508 e. The first-order valence-electron chi connectivity index (χ1n) is 33.6. The summed E-state index contributed by atoms with van der Waals surface area (Å²) in [5, 5.41) is 103. The molecule has 5 rings (SSSR count). The van der Waals surface area contributed by atoms with E-state index in [4.69, 9.17) is 16.2 Å². The number of hydrogen-bond donors (Lipinski definition) is 21. The predicted molar refractivity (Wildman–Crippen MR) is 362 cm³/mol. The summed E-state index contributed by atoms with van der Waals surface area (Å²) in [5.41, 5.74) is 12.1. The summed E-state index contributed by atoms with van der Waals surface area (Å²) < 4.78 is 5.55. The third-order valence-corrected chi connectivity index (χ3v) is 17.0. The molecule has 2 aliphatic heterocycles. The van der Waals surface area contributed by atoms with Gasteiger partial charge in [0.1, 0.15) is 84.3 Å². The number of aliphatic hydroxyl groups excluding tert-OH is 3. The van der Waals surface area contributed by atoms with Crippen LogP contribution >= 0.6 is 0 Å². The van der Waals surface area contributed by atoms with Gasteiger partial charge >= 0.3 is 11.9 Å². The lowest BCUT2D eigenvalue weighted by molar-refractivity contribution is -0.153. The van der Waals surface area contributed by atoms with Crippen molar-refractivity contribution in [1.82, 2.24) is 63.8 Å². The van der Waals surface area contributed by atoms with Crippen molar-refractivity contribution in [2.24, 2.45) is 17.4 Å². The van der Waals surface area contributed by atoms with Gasteiger partial charge in [0.25, 0.3) is 5.91 Å². The lowest BCUT2D eigenvalue weighted by Crippen LogP contribution is -2.62. The summed E-state index contributed by atoms with van der Waals surface area (Å²) in [6.45, 7) is 4.72. The number of carboxylic acids is 1. The molecule has 36 heteroatoms. The molecule has 2 heterocycles. The number of carboxylic acid groups (broad SMARTS) is 1. The minimum absolute atomic E-state index is 0.0301. The molecule has 0 aliphatic carbocycles. The standard InChI is InChI=1S/C67H94N14O22/c1-5-33(2)53-67(102)103-32-42(86)31-50(76-62(97)47(28-36-10-16-39(83)17-11-36)75-57(92)45(22-24-51(69)87)74-56(91)43-9-7-27-70-43)60(95)71-34(3)55(90)72-46(23-25-52(88)89)58(93)80-54(35(4)82)64(99)77-48(29-37-12-18-40(84)19-13-37)61(96)73-44(8-6-26-68)59(94)81-66(101)65(100)78-49(63(98)79-53)30-38-14-20-41(85)21-15-38/h10-21,33-35,42-50,53-54,66,70,82-86,101H,5-9,22-32,68H2,1-4H3,(H2,69,87)(H,71,95)(H,72,90)(H,73,96)(H,74,91)(H,75,92)(H,76,97)(H,77,99)(H,78,100)(H,79,98)(H,80,93)(H,81,94)(H,88,89)/t33?,34?,35?,42?,43-,44?,45?,46?,47?,48?,49?,50?,53?,54?,66?/m0/s1. The van der Waals surface area contributed by atoms with E-state index < -0.39 is 225 Å². The number of hydrogen-bond acceptors (Lipinski definition) is 23. The molecule has 0 radical (unpaired) electrons. The Kier molecular flexibility index (Phi) is 32.9. The second-order valence-corrected chi connectivity index (χ2v) is 25.3. The smallest absolute Gasteiger partial charge is 0.329 e. The van der Waals surface area contributed by atoms with E-state index in [-0.39, 0.29) is 55.0 Å². The van der Waals surface area contributed by atoms with Crippen LogP contribution in [0.2, 0.25) is 0 Å². The average Bonchev–Trinajstić information content (AvgIpc) is 0.918. The van der Waals surface area contributed by atoms with E-state index in [9.17, 15) is 103 Å². The Morgan fingerprint density at radius 3 is 1.65 bits per heavy atom. The number of nitrogens with two attached hydrogens (primary N) is 2. The van der Waals surface area contributed by atoms with Gasteiger partial charge in [-0.25, -0.2) is 4.79 Å². The van der Waals surface area contributed by atoms with Crippen molar-refractivity contribution >= 4 is 82.8 Å². The second-order valence-electron chi connectivity index (χ2n) is 25.3. The second kappa shape index (κ2) is 40.8. The number of phenols is 3. The zero-order chi connectivity index (χ0) is 76.2. The highest BCUT2D eigenvalue weighted by Gasteiger charge is 2.39. The van der Waals surface area contributed by atoms with Gasteiger partial charge in [0.2, 0.25) is 71.2 Å². The fourth-order valence-corrected chi connectivity index (χ4v) is 10.8. The Morgan fingerprint density at radius 1 is 0.602 bits per heavy atom. The number of carbonyl (C=O) groups is 14. The summed E-state index contributed by atoms with van der Waals surface area (Å²) in [7, 11) is 0. The number of ether oxygens (including phenoxy) is 1. The molecule has 36 nitrogen and oxygen atoms in total. The summed E-state index contributed by atoms with van der Waals surface area (Å²) in [5.74, 6) is -17.6.